The number of rotatable bonds is 6. The predicted molar refractivity (Wildman–Crippen MR) is 96.3 cm³/mol. The average Bonchev–Trinajstić information content (AvgIpc) is 3.18. The molecule has 3 rings (SSSR count). The van der Waals surface area contributed by atoms with Crippen molar-refractivity contribution in [3.05, 3.63) is 29.0 Å². The molecular formula is C17H22N2O3S2. The van der Waals surface area contributed by atoms with Crippen LogP contribution >= 0.6 is 11.3 Å². The topological polar surface area (TPSA) is 72.2 Å². The molecule has 0 bridgehead atoms. The van der Waals surface area contributed by atoms with Gasteiger partial charge in [0.05, 0.1) is 16.3 Å². The lowest BCUT2D eigenvalue weighted by Crippen LogP contribution is -2.38. The number of hydrogen-bond donors (Lipinski definition) is 1. The number of amides is 1. The highest BCUT2D eigenvalue weighted by atomic mass is 32.2. The Labute approximate surface area is 148 Å². The Morgan fingerprint density at radius 2 is 2.21 bits per heavy atom. The third-order valence-corrected chi connectivity index (χ3v) is 6.22. The van der Waals surface area contributed by atoms with E-state index in [1.54, 1.807) is 11.3 Å². The van der Waals surface area contributed by atoms with Crippen LogP contribution in [0.2, 0.25) is 0 Å². The smallest absolute Gasteiger partial charge is 0.236 e. The maximum atomic E-state index is 12.3. The van der Waals surface area contributed by atoms with Gasteiger partial charge in [-0.1, -0.05) is 25.3 Å². The summed E-state index contributed by atoms with van der Waals surface area (Å²) in [4.78, 5) is 17.4. The second-order valence-electron chi connectivity index (χ2n) is 6.13. The fraction of sp³-hybridized carbons (Fsp3) is 0.529. The second kappa shape index (κ2) is 8.07. The zero-order chi connectivity index (χ0) is 16.9. The summed E-state index contributed by atoms with van der Waals surface area (Å²) in [6.45, 7) is 1.82. The average molecular weight is 367 g/mol. The minimum Gasteiger partial charge on any atom is -0.440 e. The van der Waals surface area contributed by atoms with Crippen LogP contribution in [0.1, 0.15) is 43.6 Å². The van der Waals surface area contributed by atoms with Crippen molar-refractivity contribution in [2.75, 3.05) is 5.75 Å². The maximum absolute atomic E-state index is 12.3. The zero-order valence-corrected chi connectivity index (χ0v) is 15.4. The van der Waals surface area contributed by atoms with Crippen LogP contribution in [-0.4, -0.2) is 26.9 Å². The van der Waals surface area contributed by atoms with Crippen molar-refractivity contribution in [3.8, 4) is 10.8 Å². The van der Waals surface area contributed by atoms with Crippen LogP contribution in [0.15, 0.2) is 21.9 Å². The minimum atomic E-state index is -1.28. The van der Waals surface area contributed by atoms with Crippen molar-refractivity contribution in [2.45, 2.75) is 50.8 Å². The lowest BCUT2D eigenvalue weighted by molar-refractivity contribution is -0.119. The van der Waals surface area contributed by atoms with E-state index in [4.69, 9.17) is 4.42 Å². The van der Waals surface area contributed by atoms with E-state index in [0.29, 0.717) is 17.3 Å². The summed E-state index contributed by atoms with van der Waals surface area (Å²) in [7, 11) is -1.28. The largest absolute Gasteiger partial charge is 0.440 e. The van der Waals surface area contributed by atoms with Crippen LogP contribution in [-0.2, 0) is 21.3 Å². The summed E-state index contributed by atoms with van der Waals surface area (Å²) in [6, 6.07) is 4.13. The molecule has 1 unspecified atom stereocenters. The summed E-state index contributed by atoms with van der Waals surface area (Å²) < 4.78 is 17.9. The predicted octanol–water partition coefficient (Wildman–Crippen LogP) is 3.41. The highest BCUT2D eigenvalue weighted by molar-refractivity contribution is 7.84. The fourth-order valence-corrected chi connectivity index (χ4v) is 4.63. The normalized spacial score (nSPS) is 16.9. The fourth-order valence-electron chi connectivity index (χ4n) is 2.93. The molecule has 1 saturated carbocycles. The molecule has 0 aromatic carbocycles. The summed E-state index contributed by atoms with van der Waals surface area (Å²) in [6.07, 6.45) is 5.64. The van der Waals surface area contributed by atoms with Gasteiger partial charge in [-0.05, 0) is 31.2 Å². The number of carbonyl (C=O) groups is 1. The van der Waals surface area contributed by atoms with Gasteiger partial charge in [0.15, 0.2) is 0 Å². The van der Waals surface area contributed by atoms with Crippen molar-refractivity contribution in [1.29, 1.82) is 0 Å². The molecule has 1 atom stereocenters. The highest BCUT2D eigenvalue weighted by Gasteiger charge is 2.19. The Morgan fingerprint density at radius 1 is 1.42 bits per heavy atom. The number of nitrogens with zero attached hydrogens (tertiary/aromatic N) is 1. The molecule has 1 aliphatic rings. The van der Waals surface area contributed by atoms with Crippen molar-refractivity contribution < 1.29 is 13.4 Å². The third-order valence-electron chi connectivity index (χ3n) is 4.18. The number of hydrogen-bond acceptors (Lipinski definition) is 5. The van der Waals surface area contributed by atoms with Gasteiger partial charge in [-0.3, -0.25) is 9.00 Å². The summed E-state index contributed by atoms with van der Waals surface area (Å²) in [5, 5.41) is 4.96. The van der Waals surface area contributed by atoms with Gasteiger partial charge in [-0.25, -0.2) is 4.98 Å². The molecule has 2 aromatic heterocycles. The summed E-state index contributed by atoms with van der Waals surface area (Å²) in [5.74, 6) is 1.37. The molecule has 1 N–H and O–H groups in total. The highest BCUT2D eigenvalue weighted by Crippen LogP contribution is 2.26. The van der Waals surface area contributed by atoms with Gasteiger partial charge in [-0.2, -0.15) is 0 Å². The minimum absolute atomic E-state index is 0.0249. The number of oxazole rings is 1. The molecule has 24 heavy (non-hydrogen) atoms. The third kappa shape index (κ3) is 4.54. The van der Waals surface area contributed by atoms with Crippen LogP contribution < -0.4 is 5.32 Å². The van der Waals surface area contributed by atoms with Crippen LogP contribution in [0.4, 0.5) is 0 Å². The Hall–Kier alpha value is -1.47. The molecule has 1 fully saturated rings. The van der Waals surface area contributed by atoms with Crippen molar-refractivity contribution >= 4 is 28.0 Å². The zero-order valence-electron chi connectivity index (χ0n) is 13.7. The van der Waals surface area contributed by atoms with Crippen LogP contribution in [0.5, 0.6) is 0 Å². The number of carbonyl (C=O) groups excluding carboxylic acids is 1. The first-order chi connectivity index (χ1) is 11.6. The second-order valence-corrected chi connectivity index (χ2v) is 8.53. The lowest BCUT2D eigenvalue weighted by Gasteiger charge is -2.22. The van der Waals surface area contributed by atoms with Crippen molar-refractivity contribution in [1.82, 2.24) is 10.3 Å². The molecule has 1 aliphatic carbocycles. The number of aromatic nitrogens is 1. The molecule has 0 saturated heterocycles. The Morgan fingerprint density at radius 3 is 2.92 bits per heavy atom. The SMILES string of the molecule is Cc1oc(-c2cccs2)nc1CS(=O)CC(=O)NC1CCCCC1. The van der Waals surface area contributed by atoms with Gasteiger partial charge in [-0.15, -0.1) is 11.3 Å². The molecular weight excluding hydrogens is 344 g/mol. The first kappa shape index (κ1) is 17.4. The Balaban J connectivity index is 1.54. The van der Waals surface area contributed by atoms with E-state index in [2.05, 4.69) is 10.3 Å². The van der Waals surface area contributed by atoms with E-state index in [1.165, 1.54) is 6.42 Å². The van der Waals surface area contributed by atoms with Gasteiger partial charge in [0.1, 0.15) is 11.5 Å². The molecule has 1 amide bonds. The van der Waals surface area contributed by atoms with E-state index in [-0.39, 0.29) is 23.5 Å². The van der Waals surface area contributed by atoms with Crippen LogP contribution in [0.3, 0.4) is 0 Å². The molecule has 2 aromatic rings. The Bertz CT molecular complexity index is 703. The number of nitrogens with one attached hydrogen (secondary N) is 1. The van der Waals surface area contributed by atoms with E-state index in [0.717, 1.165) is 30.6 Å². The van der Waals surface area contributed by atoms with Gasteiger partial charge < -0.3 is 9.73 Å². The van der Waals surface area contributed by atoms with Gasteiger partial charge in [0.25, 0.3) is 0 Å². The lowest BCUT2D eigenvalue weighted by atomic mass is 9.95. The van der Waals surface area contributed by atoms with E-state index in [9.17, 15) is 9.00 Å². The summed E-state index contributed by atoms with van der Waals surface area (Å²) >= 11 is 1.55. The van der Waals surface area contributed by atoms with E-state index < -0.39 is 10.8 Å². The number of thiophene rings is 1. The molecule has 0 aliphatic heterocycles. The van der Waals surface area contributed by atoms with Gasteiger partial charge >= 0.3 is 0 Å². The first-order valence-corrected chi connectivity index (χ1v) is 10.6. The van der Waals surface area contributed by atoms with Gasteiger partial charge in [0, 0.05) is 16.8 Å². The number of aryl methyl sites for hydroxylation is 1. The quantitative estimate of drug-likeness (QED) is 0.850. The van der Waals surface area contributed by atoms with Gasteiger partial charge in [0.2, 0.25) is 11.8 Å². The monoisotopic (exact) mass is 366 g/mol. The maximum Gasteiger partial charge on any atom is 0.236 e. The van der Waals surface area contributed by atoms with E-state index in [1.807, 2.05) is 24.4 Å². The van der Waals surface area contributed by atoms with Crippen LogP contribution in [0, 0.1) is 6.92 Å². The summed E-state index contributed by atoms with van der Waals surface area (Å²) in [5.41, 5.74) is 0.669. The van der Waals surface area contributed by atoms with E-state index >= 15 is 0 Å². The first-order valence-electron chi connectivity index (χ1n) is 8.26. The standard InChI is InChI=1S/C17H22N2O3S2/c1-12-14(19-17(22-12)15-8-5-9-23-15)10-24(21)11-16(20)18-13-6-3-2-4-7-13/h5,8-9,13H,2-4,6-7,10-11H2,1H3,(H,18,20). The Kier molecular flexibility index (Phi) is 5.84. The van der Waals surface area contributed by atoms with Crippen molar-refractivity contribution in [3.63, 3.8) is 0 Å². The van der Waals surface area contributed by atoms with Crippen LogP contribution in [0.25, 0.3) is 10.8 Å². The molecule has 5 nitrogen and oxygen atoms in total. The molecule has 7 heteroatoms. The molecule has 2 heterocycles. The molecule has 0 radical (unpaired) electrons. The molecule has 130 valence electrons. The van der Waals surface area contributed by atoms with Crippen molar-refractivity contribution in [2.24, 2.45) is 0 Å². The molecule has 0 spiro atoms.